The van der Waals surface area contributed by atoms with Crippen LogP contribution in [0.5, 0.6) is 0 Å². The fraction of sp³-hybridized carbons (Fsp3) is 0.200. The Morgan fingerprint density at radius 1 is 0.909 bits per heavy atom. The molecule has 0 aliphatic carbocycles. The highest BCUT2D eigenvalue weighted by atomic mass is 32.2. The molecule has 0 saturated carbocycles. The topological polar surface area (TPSA) is 92.8 Å². The first-order valence-electron chi connectivity index (χ1n) is 10.4. The molecule has 3 aromatic carbocycles. The first kappa shape index (κ1) is 24.0. The van der Waals surface area contributed by atoms with Crippen LogP contribution in [-0.2, 0) is 26.0 Å². The summed E-state index contributed by atoms with van der Waals surface area (Å²) in [5, 5.41) is 2.78. The minimum Gasteiger partial charge on any atom is -0.465 e. The maximum absolute atomic E-state index is 13.4. The summed E-state index contributed by atoms with van der Waals surface area (Å²) >= 11 is 0. The van der Waals surface area contributed by atoms with Crippen molar-refractivity contribution in [2.24, 2.45) is 0 Å². The molecule has 0 spiro atoms. The lowest BCUT2D eigenvalue weighted by atomic mass is 10.1. The second-order valence-electron chi connectivity index (χ2n) is 7.45. The lowest BCUT2D eigenvalue weighted by Crippen LogP contribution is -2.41. The zero-order valence-electron chi connectivity index (χ0n) is 18.5. The van der Waals surface area contributed by atoms with Crippen molar-refractivity contribution in [1.82, 2.24) is 5.32 Å². The number of methoxy groups -OCH3 is 1. The molecule has 0 bridgehead atoms. The van der Waals surface area contributed by atoms with Gasteiger partial charge in [0.15, 0.2) is 0 Å². The van der Waals surface area contributed by atoms with Crippen LogP contribution in [0.15, 0.2) is 83.8 Å². The number of nitrogens with zero attached hydrogens (tertiary/aromatic N) is 1. The summed E-state index contributed by atoms with van der Waals surface area (Å²) in [5.41, 5.74) is 2.53. The minimum absolute atomic E-state index is 0.0715. The van der Waals surface area contributed by atoms with Crippen molar-refractivity contribution in [3.05, 3.63) is 95.6 Å². The van der Waals surface area contributed by atoms with E-state index in [0.717, 1.165) is 15.4 Å². The van der Waals surface area contributed by atoms with Crippen molar-refractivity contribution in [3.63, 3.8) is 0 Å². The van der Waals surface area contributed by atoms with Gasteiger partial charge in [-0.25, -0.2) is 13.2 Å². The Kier molecular flexibility index (Phi) is 7.84. The number of anilines is 1. The number of sulfonamides is 1. The molecular formula is C25H26N2O5S. The van der Waals surface area contributed by atoms with Gasteiger partial charge < -0.3 is 10.1 Å². The lowest BCUT2D eigenvalue weighted by molar-refractivity contribution is -0.119. The lowest BCUT2D eigenvalue weighted by Gasteiger charge is -2.24. The highest BCUT2D eigenvalue weighted by Gasteiger charge is 2.27. The Hall–Kier alpha value is -3.65. The Bertz CT molecular complexity index is 1190. The van der Waals surface area contributed by atoms with Crippen LogP contribution in [0.3, 0.4) is 0 Å². The second-order valence-corrected chi connectivity index (χ2v) is 9.31. The summed E-state index contributed by atoms with van der Waals surface area (Å²) in [6.45, 7) is 1.84. The molecule has 0 heterocycles. The number of hydrogen-bond donors (Lipinski definition) is 1. The van der Waals surface area contributed by atoms with Crippen LogP contribution in [0.25, 0.3) is 0 Å². The quantitative estimate of drug-likeness (QED) is 0.489. The van der Waals surface area contributed by atoms with E-state index in [4.69, 9.17) is 4.74 Å². The first-order chi connectivity index (χ1) is 15.8. The van der Waals surface area contributed by atoms with Gasteiger partial charge in [-0.05, 0) is 55.3 Å². The average molecular weight is 467 g/mol. The molecule has 0 atom stereocenters. The number of benzene rings is 3. The first-order valence-corrected chi connectivity index (χ1v) is 11.8. The molecule has 3 rings (SSSR count). The zero-order valence-corrected chi connectivity index (χ0v) is 19.3. The van der Waals surface area contributed by atoms with E-state index < -0.39 is 28.4 Å². The number of nitrogens with one attached hydrogen (secondary N) is 1. The van der Waals surface area contributed by atoms with E-state index in [1.165, 1.54) is 43.5 Å². The maximum atomic E-state index is 13.4. The third-order valence-electron chi connectivity index (χ3n) is 5.05. The largest absolute Gasteiger partial charge is 0.465 e. The highest BCUT2D eigenvalue weighted by molar-refractivity contribution is 7.92. The van der Waals surface area contributed by atoms with Gasteiger partial charge in [0.25, 0.3) is 10.0 Å². The molecule has 33 heavy (non-hydrogen) atoms. The molecule has 0 fully saturated rings. The number of esters is 1. The number of carbonyl (C=O) groups excluding carboxylic acids is 2. The van der Waals surface area contributed by atoms with Crippen LogP contribution in [0.2, 0.25) is 0 Å². The number of hydrogen-bond acceptors (Lipinski definition) is 5. The average Bonchev–Trinajstić information content (AvgIpc) is 2.83. The Morgan fingerprint density at radius 3 is 2.15 bits per heavy atom. The number of carbonyl (C=O) groups is 2. The van der Waals surface area contributed by atoms with E-state index >= 15 is 0 Å². The molecular weight excluding hydrogens is 440 g/mol. The molecule has 1 N–H and O–H groups in total. The molecule has 8 heteroatoms. The van der Waals surface area contributed by atoms with Gasteiger partial charge in [-0.1, -0.05) is 48.0 Å². The minimum atomic E-state index is -4.03. The summed E-state index contributed by atoms with van der Waals surface area (Å²) in [4.78, 5) is 24.5. The van der Waals surface area contributed by atoms with E-state index in [-0.39, 0.29) is 16.1 Å². The standard InChI is InChI=1S/C25H26N2O5S/c1-19-8-14-23(15-9-19)33(30,31)27(22-12-10-21(11-13-22)25(29)32-2)18-24(28)26-17-16-20-6-4-3-5-7-20/h3-15H,16-18H2,1-2H3,(H,26,28). The zero-order chi connectivity index (χ0) is 23.8. The third-order valence-corrected chi connectivity index (χ3v) is 6.84. The summed E-state index contributed by atoms with van der Waals surface area (Å²) in [5.74, 6) is -0.966. The molecule has 0 saturated heterocycles. The van der Waals surface area contributed by atoms with E-state index in [1.54, 1.807) is 12.1 Å². The Labute approximate surface area is 194 Å². The fourth-order valence-electron chi connectivity index (χ4n) is 3.21. The number of ether oxygens (including phenoxy) is 1. The monoisotopic (exact) mass is 466 g/mol. The van der Waals surface area contributed by atoms with Crippen molar-refractivity contribution in [2.75, 3.05) is 24.5 Å². The molecule has 0 aliphatic rings. The van der Waals surface area contributed by atoms with E-state index in [9.17, 15) is 18.0 Å². The van der Waals surface area contributed by atoms with Crippen molar-refractivity contribution in [2.45, 2.75) is 18.2 Å². The summed E-state index contributed by atoms with van der Waals surface area (Å²) in [6.07, 6.45) is 0.630. The fourth-order valence-corrected chi connectivity index (χ4v) is 4.63. The van der Waals surface area contributed by atoms with Crippen LogP contribution in [0.1, 0.15) is 21.5 Å². The van der Waals surface area contributed by atoms with Gasteiger partial charge in [-0.3, -0.25) is 9.10 Å². The van der Waals surface area contributed by atoms with Gasteiger partial charge in [0.05, 0.1) is 23.3 Å². The maximum Gasteiger partial charge on any atom is 0.337 e. The van der Waals surface area contributed by atoms with Crippen LogP contribution in [-0.4, -0.2) is 40.5 Å². The molecule has 0 radical (unpaired) electrons. The van der Waals surface area contributed by atoms with Crippen molar-refractivity contribution in [1.29, 1.82) is 0 Å². The number of rotatable bonds is 9. The molecule has 0 unspecified atom stereocenters. The van der Waals surface area contributed by atoms with E-state index in [2.05, 4.69) is 5.32 Å². The van der Waals surface area contributed by atoms with Crippen molar-refractivity contribution < 1.29 is 22.7 Å². The smallest absolute Gasteiger partial charge is 0.337 e. The highest BCUT2D eigenvalue weighted by Crippen LogP contribution is 2.24. The van der Waals surface area contributed by atoms with Crippen LogP contribution in [0.4, 0.5) is 5.69 Å². The number of aryl methyl sites for hydroxylation is 1. The van der Waals surface area contributed by atoms with Gasteiger partial charge in [-0.2, -0.15) is 0 Å². The Morgan fingerprint density at radius 2 is 1.55 bits per heavy atom. The molecule has 1 amide bonds. The van der Waals surface area contributed by atoms with Crippen LogP contribution >= 0.6 is 0 Å². The molecule has 172 valence electrons. The van der Waals surface area contributed by atoms with E-state index in [1.807, 2.05) is 37.3 Å². The van der Waals surface area contributed by atoms with Gasteiger partial charge in [0.1, 0.15) is 6.54 Å². The Balaban J connectivity index is 1.82. The van der Waals surface area contributed by atoms with Gasteiger partial charge in [-0.15, -0.1) is 0 Å². The molecule has 7 nitrogen and oxygen atoms in total. The second kappa shape index (κ2) is 10.8. The molecule has 0 aromatic heterocycles. The van der Waals surface area contributed by atoms with E-state index in [0.29, 0.717) is 13.0 Å². The third kappa shape index (κ3) is 6.20. The summed E-state index contributed by atoms with van der Waals surface area (Å²) in [6, 6.07) is 22.0. The van der Waals surface area contributed by atoms with Gasteiger partial charge in [0.2, 0.25) is 5.91 Å². The predicted octanol–water partition coefficient (Wildman–Crippen LogP) is 3.34. The van der Waals surface area contributed by atoms with Gasteiger partial charge in [0, 0.05) is 6.54 Å². The summed E-state index contributed by atoms with van der Waals surface area (Å²) in [7, 11) is -2.76. The molecule has 3 aromatic rings. The normalized spacial score (nSPS) is 11.0. The van der Waals surface area contributed by atoms with Gasteiger partial charge >= 0.3 is 5.97 Å². The predicted molar refractivity (Wildman–Crippen MR) is 127 cm³/mol. The summed E-state index contributed by atoms with van der Waals surface area (Å²) < 4.78 is 32.5. The SMILES string of the molecule is COC(=O)c1ccc(N(CC(=O)NCCc2ccccc2)S(=O)(=O)c2ccc(C)cc2)cc1. The van der Waals surface area contributed by atoms with Crippen molar-refractivity contribution >= 4 is 27.6 Å². The van der Waals surface area contributed by atoms with Crippen molar-refractivity contribution in [3.8, 4) is 0 Å². The number of amides is 1. The van der Waals surface area contributed by atoms with Crippen LogP contribution < -0.4 is 9.62 Å². The molecule has 0 aliphatic heterocycles. The van der Waals surface area contributed by atoms with Crippen LogP contribution in [0, 0.1) is 6.92 Å².